The van der Waals surface area contributed by atoms with Crippen LogP contribution in [0.25, 0.3) is 0 Å². The minimum absolute atomic E-state index is 0.192. The molecular weight excluding hydrogens is 494 g/mol. The van der Waals surface area contributed by atoms with Gasteiger partial charge in [-0.05, 0) is 16.7 Å². The molecule has 0 radical (unpaired) electrons. The molecule has 208 valence electrons. The lowest BCUT2D eigenvalue weighted by molar-refractivity contribution is -0.231. The Morgan fingerprint density at radius 3 is 1.62 bits per heavy atom. The lowest BCUT2D eigenvalue weighted by Gasteiger charge is -2.50. The van der Waals surface area contributed by atoms with E-state index in [-0.39, 0.29) is 32.8 Å². The van der Waals surface area contributed by atoms with E-state index in [2.05, 4.69) is 11.9 Å². The van der Waals surface area contributed by atoms with Gasteiger partial charge in [-0.25, -0.2) is 0 Å². The van der Waals surface area contributed by atoms with Crippen LogP contribution in [0, 0.1) is 0 Å². The van der Waals surface area contributed by atoms with Crippen molar-refractivity contribution in [1.29, 1.82) is 0 Å². The van der Waals surface area contributed by atoms with Gasteiger partial charge in [-0.15, -0.1) is 6.58 Å². The minimum atomic E-state index is -1.46. The van der Waals surface area contributed by atoms with Crippen molar-refractivity contribution < 1.29 is 29.5 Å². The predicted octanol–water partition coefficient (Wildman–Crippen LogP) is 3.37. The molecule has 3 aromatic carbocycles. The lowest BCUT2D eigenvalue weighted by atomic mass is 9.75. The van der Waals surface area contributed by atoms with E-state index < -0.39 is 36.0 Å². The Balaban J connectivity index is 1.67. The summed E-state index contributed by atoms with van der Waals surface area (Å²) in [5.41, 5.74) is 1.47. The van der Waals surface area contributed by atoms with Gasteiger partial charge < -0.3 is 34.8 Å². The molecule has 39 heavy (non-hydrogen) atoms. The Hall–Kier alpha value is -2.88. The number of aliphatic hydroxyl groups is 3. The molecule has 0 amide bonds. The number of nitrogens with one attached hydrogen (secondary N) is 1. The number of aliphatic hydroxyl groups excluding tert-OH is 2. The van der Waals surface area contributed by atoms with E-state index in [0.29, 0.717) is 6.61 Å². The van der Waals surface area contributed by atoms with Crippen LogP contribution in [0.1, 0.15) is 23.1 Å². The molecule has 4 rings (SSSR count). The quantitative estimate of drug-likeness (QED) is 0.236. The number of benzene rings is 3. The van der Waals surface area contributed by atoms with E-state index >= 15 is 0 Å². The summed E-state index contributed by atoms with van der Waals surface area (Å²) in [5, 5.41) is 34.8. The molecule has 7 nitrogen and oxygen atoms in total. The molecule has 0 aromatic heterocycles. The van der Waals surface area contributed by atoms with E-state index in [1.807, 2.05) is 91.0 Å². The van der Waals surface area contributed by atoms with Crippen molar-refractivity contribution in [2.75, 3.05) is 13.2 Å². The monoisotopic (exact) mass is 533 g/mol. The number of rotatable bonds is 14. The van der Waals surface area contributed by atoms with Crippen molar-refractivity contribution in [3.05, 3.63) is 120 Å². The van der Waals surface area contributed by atoms with E-state index in [1.54, 1.807) is 0 Å². The van der Waals surface area contributed by atoms with Gasteiger partial charge in [-0.3, -0.25) is 0 Å². The molecule has 7 heteroatoms. The van der Waals surface area contributed by atoms with Crippen LogP contribution in [0.15, 0.2) is 104 Å². The molecule has 4 N–H and O–H groups in total. The third kappa shape index (κ3) is 7.84. The smallest absolute Gasteiger partial charge is 0.119 e. The van der Waals surface area contributed by atoms with E-state index in [1.165, 1.54) is 6.08 Å². The fourth-order valence-corrected chi connectivity index (χ4v) is 5.02. The summed E-state index contributed by atoms with van der Waals surface area (Å²) in [4.78, 5) is 0. The van der Waals surface area contributed by atoms with Crippen LogP contribution < -0.4 is 5.32 Å². The van der Waals surface area contributed by atoms with Crippen LogP contribution in [0.4, 0.5) is 0 Å². The largest absolute Gasteiger partial charge is 0.395 e. The highest BCUT2D eigenvalue weighted by molar-refractivity contribution is 5.19. The van der Waals surface area contributed by atoms with Gasteiger partial charge in [0.15, 0.2) is 0 Å². The lowest BCUT2D eigenvalue weighted by Crippen LogP contribution is -2.68. The molecule has 1 aliphatic rings. The molecular formula is C32H39NO6. The fourth-order valence-electron chi connectivity index (χ4n) is 5.02. The molecule has 0 aliphatic heterocycles. The van der Waals surface area contributed by atoms with Gasteiger partial charge in [0, 0.05) is 12.5 Å². The van der Waals surface area contributed by atoms with Crippen molar-refractivity contribution in [3.63, 3.8) is 0 Å². The molecule has 0 heterocycles. The van der Waals surface area contributed by atoms with Crippen molar-refractivity contribution in [3.8, 4) is 0 Å². The van der Waals surface area contributed by atoms with Gasteiger partial charge in [0.25, 0.3) is 0 Å². The van der Waals surface area contributed by atoms with Gasteiger partial charge in [0.1, 0.15) is 23.9 Å². The minimum Gasteiger partial charge on any atom is -0.395 e. The second-order valence-corrected chi connectivity index (χ2v) is 9.97. The van der Waals surface area contributed by atoms with Gasteiger partial charge in [0.2, 0.25) is 0 Å². The van der Waals surface area contributed by atoms with Crippen LogP contribution in [0.3, 0.4) is 0 Å². The molecule has 0 saturated heterocycles. The zero-order valence-electron chi connectivity index (χ0n) is 22.1. The van der Waals surface area contributed by atoms with Gasteiger partial charge in [0.05, 0.1) is 39.1 Å². The summed E-state index contributed by atoms with van der Waals surface area (Å²) in [5.74, 6) is 0. The molecule has 0 spiro atoms. The summed E-state index contributed by atoms with van der Waals surface area (Å²) >= 11 is 0. The first kappa shape index (κ1) is 29.1. The highest BCUT2D eigenvalue weighted by atomic mass is 16.6. The Labute approximate surface area is 230 Å². The maximum atomic E-state index is 11.9. The molecule has 1 aliphatic carbocycles. The van der Waals surface area contributed by atoms with E-state index in [9.17, 15) is 15.3 Å². The highest BCUT2D eigenvalue weighted by Gasteiger charge is 2.54. The molecule has 3 aromatic rings. The molecule has 1 saturated carbocycles. The zero-order chi connectivity index (χ0) is 27.5. The average Bonchev–Trinajstić information content (AvgIpc) is 2.99. The van der Waals surface area contributed by atoms with Gasteiger partial charge in [-0.2, -0.15) is 0 Å². The third-order valence-electron chi connectivity index (χ3n) is 7.15. The number of ether oxygens (including phenoxy) is 3. The van der Waals surface area contributed by atoms with Crippen LogP contribution in [-0.4, -0.2) is 64.5 Å². The SMILES string of the molecule is C=C[C@@]1(O)C[C@H](NC(CO)CO)[C@H](OCc2ccccc2)[C@@H](OCc2ccccc2)[C@@H]1OCc1ccccc1. The van der Waals surface area contributed by atoms with Crippen LogP contribution in [0.2, 0.25) is 0 Å². The van der Waals surface area contributed by atoms with E-state index in [0.717, 1.165) is 16.7 Å². The Kier molecular flexibility index (Phi) is 10.8. The van der Waals surface area contributed by atoms with Crippen molar-refractivity contribution in [1.82, 2.24) is 5.32 Å². The molecule has 1 fully saturated rings. The summed E-state index contributed by atoms with van der Waals surface area (Å²) in [6, 6.07) is 28.3. The molecule has 0 unspecified atom stereocenters. The van der Waals surface area contributed by atoms with E-state index in [4.69, 9.17) is 14.2 Å². The number of hydrogen-bond acceptors (Lipinski definition) is 7. The second-order valence-electron chi connectivity index (χ2n) is 9.97. The fraction of sp³-hybridized carbons (Fsp3) is 0.375. The Bertz CT molecular complexity index is 1110. The summed E-state index contributed by atoms with van der Waals surface area (Å²) in [6.45, 7) is 4.26. The van der Waals surface area contributed by atoms with Crippen molar-refractivity contribution in [2.45, 2.75) is 62.2 Å². The van der Waals surface area contributed by atoms with Crippen LogP contribution >= 0.6 is 0 Å². The number of hydrogen-bond donors (Lipinski definition) is 4. The zero-order valence-corrected chi connectivity index (χ0v) is 22.1. The predicted molar refractivity (Wildman–Crippen MR) is 150 cm³/mol. The van der Waals surface area contributed by atoms with Crippen LogP contribution in [0.5, 0.6) is 0 Å². The topological polar surface area (TPSA) is 100 Å². The molecule has 5 atom stereocenters. The standard InChI is InChI=1S/C32H39NO6/c1-2-32(36)18-28(33-27(19-34)20-35)29(37-21-24-12-6-3-7-13-24)30(38-22-25-14-8-4-9-15-25)31(32)39-23-26-16-10-5-11-17-26/h2-17,27-31,33-36H,1,18-23H2/t28-,29-,30+,31-,32+/m0/s1. The maximum absolute atomic E-state index is 11.9. The van der Waals surface area contributed by atoms with Crippen molar-refractivity contribution >= 4 is 0 Å². The van der Waals surface area contributed by atoms with Gasteiger partial charge in [-0.1, -0.05) is 97.1 Å². The maximum Gasteiger partial charge on any atom is 0.119 e. The summed E-state index contributed by atoms with van der Waals surface area (Å²) in [6.07, 6.45) is -0.381. The van der Waals surface area contributed by atoms with Gasteiger partial charge >= 0.3 is 0 Å². The third-order valence-corrected chi connectivity index (χ3v) is 7.15. The average molecular weight is 534 g/mol. The normalized spacial score (nSPS) is 25.0. The first-order valence-corrected chi connectivity index (χ1v) is 13.4. The Morgan fingerprint density at radius 2 is 1.18 bits per heavy atom. The second kappa shape index (κ2) is 14.5. The van der Waals surface area contributed by atoms with Crippen LogP contribution in [-0.2, 0) is 34.0 Å². The molecule has 0 bridgehead atoms. The highest BCUT2D eigenvalue weighted by Crippen LogP contribution is 2.37. The Morgan fingerprint density at radius 1 is 0.744 bits per heavy atom. The first-order valence-electron chi connectivity index (χ1n) is 13.4. The first-order chi connectivity index (χ1) is 19.1. The summed E-state index contributed by atoms with van der Waals surface area (Å²) < 4.78 is 19.5. The van der Waals surface area contributed by atoms with Crippen molar-refractivity contribution in [2.24, 2.45) is 0 Å². The summed E-state index contributed by atoms with van der Waals surface area (Å²) in [7, 11) is 0.